The predicted octanol–water partition coefficient (Wildman–Crippen LogP) is 3.48. The fraction of sp³-hybridized carbons (Fsp3) is 0.476. The van der Waals surface area contributed by atoms with E-state index < -0.39 is 0 Å². The van der Waals surface area contributed by atoms with Gasteiger partial charge in [-0.2, -0.15) is 0 Å². The third-order valence-electron chi connectivity index (χ3n) is 5.07. The number of hydrogen-bond acceptors (Lipinski definition) is 3. The van der Waals surface area contributed by atoms with Crippen LogP contribution in [-0.2, 0) is 0 Å². The summed E-state index contributed by atoms with van der Waals surface area (Å²) in [6.07, 6.45) is 10.5. The molecule has 1 atom stereocenters. The van der Waals surface area contributed by atoms with Crippen LogP contribution in [0.4, 0.5) is 0 Å². The van der Waals surface area contributed by atoms with Gasteiger partial charge in [0.15, 0.2) is 5.69 Å². The SMILES string of the molecule is CCC(C)NC(=O)c1nc(C(=O)NCCC2=CCCCC2)n2ccccc12. The van der Waals surface area contributed by atoms with Gasteiger partial charge < -0.3 is 10.6 Å². The molecule has 0 fully saturated rings. The van der Waals surface area contributed by atoms with Gasteiger partial charge in [-0.15, -0.1) is 0 Å². The van der Waals surface area contributed by atoms with Gasteiger partial charge >= 0.3 is 0 Å². The summed E-state index contributed by atoms with van der Waals surface area (Å²) < 4.78 is 1.68. The van der Waals surface area contributed by atoms with Crippen LogP contribution in [0.2, 0.25) is 0 Å². The van der Waals surface area contributed by atoms with Gasteiger partial charge in [0.1, 0.15) is 0 Å². The standard InChI is InChI=1S/C21H28N4O2/c1-3-15(2)23-20(26)18-17-11-7-8-14-25(17)19(24-18)21(27)22-13-12-16-9-5-4-6-10-16/h7-9,11,14-15H,3-6,10,12-13H2,1-2H3,(H,22,27)(H,23,26). The van der Waals surface area contributed by atoms with Crippen LogP contribution >= 0.6 is 0 Å². The summed E-state index contributed by atoms with van der Waals surface area (Å²) >= 11 is 0. The fourth-order valence-electron chi connectivity index (χ4n) is 3.31. The third kappa shape index (κ3) is 4.56. The largest absolute Gasteiger partial charge is 0.349 e. The minimum Gasteiger partial charge on any atom is -0.349 e. The number of allylic oxidation sites excluding steroid dienone is 1. The first-order valence-electron chi connectivity index (χ1n) is 9.84. The van der Waals surface area contributed by atoms with Gasteiger partial charge in [0.25, 0.3) is 11.8 Å². The number of rotatable bonds is 7. The average Bonchev–Trinajstić information content (AvgIpc) is 3.08. The summed E-state index contributed by atoms with van der Waals surface area (Å²) in [4.78, 5) is 29.6. The first-order chi connectivity index (χ1) is 13.1. The minimum atomic E-state index is -0.254. The lowest BCUT2D eigenvalue weighted by Gasteiger charge is -2.12. The van der Waals surface area contributed by atoms with E-state index in [4.69, 9.17) is 0 Å². The molecule has 27 heavy (non-hydrogen) atoms. The van der Waals surface area contributed by atoms with Crippen molar-refractivity contribution in [3.8, 4) is 0 Å². The zero-order valence-electron chi connectivity index (χ0n) is 16.1. The van der Waals surface area contributed by atoms with Gasteiger partial charge in [-0.1, -0.05) is 24.6 Å². The lowest BCUT2D eigenvalue weighted by Crippen LogP contribution is -2.32. The zero-order chi connectivity index (χ0) is 19.2. The number of nitrogens with zero attached hydrogens (tertiary/aromatic N) is 2. The second-order valence-corrected chi connectivity index (χ2v) is 7.14. The smallest absolute Gasteiger partial charge is 0.287 e. The van der Waals surface area contributed by atoms with Crippen molar-refractivity contribution in [2.24, 2.45) is 0 Å². The summed E-state index contributed by atoms with van der Waals surface area (Å²) in [5.74, 6) is -0.257. The van der Waals surface area contributed by atoms with Gasteiger partial charge in [0.05, 0.1) is 5.52 Å². The summed E-state index contributed by atoms with van der Waals surface area (Å²) in [5, 5.41) is 5.87. The second-order valence-electron chi connectivity index (χ2n) is 7.14. The first kappa shape index (κ1) is 19.1. The van der Waals surface area contributed by atoms with E-state index in [2.05, 4.69) is 21.7 Å². The molecule has 0 aromatic carbocycles. The predicted molar refractivity (Wildman–Crippen MR) is 106 cm³/mol. The van der Waals surface area contributed by atoms with Gasteiger partial charge in [-0.25, -0.2) is 4.98 Å². The Morgan fingerprint density at radius 2 is 2.11 bits per heavy atom. The number of aromatic nitrogens is 2. The molecule has 2 aromatic rings. The lowest BCUT2D eigenvalue weighted by molar-refractivity contribution is 0.0936. The number of amides is 2. The molecule has 0 bridgehead atoms. The van der Waals surface area contributed by atoms with E-state index in [1.165, 1.54) is 18.4 Å². The molecule has 2 N–H and O–H groups in total. The fourth-order valence-corrected chi connectivity index (χ4v) is 3.31. The van der Waals surface area contributed by atoms with Crippen LogP contribution in [0, 0.1) is 0 Å². The molecule has 0 saturated carbocycles. The quantitative estimate of drug-likeness (QED) is 0.735. The maximum absolute atomic E-state index is 12.7. The van der Waals surface area contributed by atoms with Crippen molar-refractivity contribution in [1.82, 2.24) is 20.0 Å². The van der Waals surface area contributed by atoms with Gasteiger partial charge in [-0.05, 0) is 57.6 Å². The maximum atomic E-state index is 12.7. The highest BCUT2D eigenvalue weighted by atomic mass is 16.2. The molecule has 3 rings (SSSR count). The number of pyridine rings is 1. The molecule has 1 unspecified atom stereocenters. The number of carbonyl (C=O) groups excluding carboxylic acids is 2. The van der Waals surface area contributed by atoms with E-state index in [0.717, 1.165) is 25.7 Å². The Bertz CT molecular complexity index is 853. The molecule has 6 heteroatoms. The number of hydrogen-bond donors (Lipinski definition) is 2. The molecule has 1 aliphatic rings. The minimum absolute atomic E-state index is 0.0546. The van der Waals surface area contributed by atoms with Crippen LogP contribution in [0.3, 0.4) is 0 Å². The average molecular weight is 368 g/mol. The molecule has 6 nitrogen and oxygen atoms in total. The Kier molecular flexibility index (Phi) is 6.27. The highest BCUT2D eigenvalue weighted by Gasteiger charge is 2.22. The third-order valence-corrected chi connectivity index (χ3v) is 5.07. The second kappa shape index (κ2) is 8.84. The van der Waals surface area contributed by atoms with Crippen LogP contribution in [0.15, 0.2) is 36.0 Å². The van der Waals surface area contributed by atoms with Crippen LogP contribution in [0.1, 0.15) is 73.5 Å². The van der Waals surface area contributed by atoms with Crippen molar-refractivity contribution in [1.29, 1.82) is 0 Å². The van der Waals surface area contributed by atoms with Crippen molar-refractivity contribution in [3.63, 3.8) is 0 Å². The van der Waals surface area contributed by atoms with E-state index in [9.17, 15) is 9.59 Å². The zero-order valence-corrected chi connectivity index (χ0v) is 16.1. The van der Waals surface area contributed by atoms with E-state index in [1.54, 1.807) is 10.6 Å². The number of fused-ring (bicyclic) bond motifs is 1. The number of carbonyl (C=O) groups is 2. The molecule has 0 spiro atoms. The summed E-state index contributed by atoms with van der Waals surface area (Å²) in [5.41, 5.74) is 2.35. The molecule has 1 aliphatic carbocycles. The normalized spacial score (nSPS) is 15.3. The van der Waals surface area contributed by atoms with Gasteiger partial charge in [0, 0.05) is 18.8 Å². The molecule has 0 saturated heterocycles. The van der Waals surface area contributed by atoms with Crippen LogP contribution < -0.4 is 10.6 Å². The summed E-state index contributed by atoms with van der Waals surface area (Å²) in [7, 11) is 0. The van der Waals surface area contributed by atoms with Crippen molar-refractivity contribution in [2.45, 2.75) is 58.4 Å². The van der Waals surface area contributed by atoms with Crippen molar-refractivity contribution < 1.29 is 9.59 Å². The Morgan fingerprint density at radius 3 is 2.85 bits per heavy atom. The molecular weight excluding hydrogens is 340 g/mol. The molecule has 2 amide bonds. The van der Waals surface area contributed by atoms with Crippen LogP contribution in [0.25, 0.3) is 5.52 Å². The maximum Gasteiger partial charge on any atom is 0.287 e. The van der Waals surface area contributed by atoms with Crippen molar-refractivity contribution in [2.75, 3.05) is 6.54 Å². The summed E-state index contributed by atoms with van der Waals surface area (Å²) in [6, 6.07) is 5.53. The van der Waals surface area contributed by atoms with Crippen LogP contribution in [0.5, 0.6) is 0 Å². The van der Waals surface area contributed by atoms with E-state index in [1.807, 2.05) is 32.0 Å². The van der Waals surface area contributed by atoms with Gasteiger partial charge in [-0.3, -0.25) is 14.0 Å². The Labute approximate surface area is 160 Å². The highest BCUT2D eigenvalue weighted by Crippen LogP contribution is 2.19. The lowest BCUT2D eigenvalue weighted by atomic mass is 9.97. The van der Waals surface area contributed by atoms with E-state index >= 15 is 0 Å². The van der Waals surface area contributed by atoms with Crippen molar-refractivity contribution >= 4 is 17.3 Å². The molecule has 0 aliphatic heterocycles. The van der Waals surface area contributed by atoms with E-state index in [-0.39, 0.29) is 29.4 Å². The van der Waals surface area contributed by atoms with Crippen molar-refractivity contribution in [3.05, 3.63) is 47.6 Å². The Balaban J connectivity index is 1.74. The topological polar surface area (TPSA) is 75.5 Å². The Morgan fingerprint density at radius 1 is 1.26 bits per heavy atom. The Hall–Kier alpha value is -2.63. The molecule has 144 valence electrons. The first-order valence-corrected chi connectivity index (χ1v) is 9.84. The molecular formula is C21H28N4O2. The monoisotopic (exact) mass is 368 g/mol. The molecule has 2 aromatic heterocycles. The van der Waals surface area contributed by atoms with Gasteiger partial charge in [0.2, 0.25) is 5.82 Å². The number of imidazole rings is 1. The summed E-state index contributed by atoms with van der Waals surface area (Å²) in [6.45, 7) is 4.54. The highest BCUT2D eigenvalue weighted by molar-refractivity contribution is 6.02. The van der Waals surface area contributed by atoms with E-state index in [0.29, 0.717) is 12.1 Å². The molecule has 0 radical (unpaired) electrons. The number of nitrogens with one attached hydrogen (secondary N) is 2. The molecule has 2 heterocycles. The van der Waals surface area contributed by atoms with Crippen LogP contribution in [-0.4, -0.2) is 33.8 Å².